The number of amides is 2. The van der Waals surface area contributed by atoms with Crippen LogP contribution in [0.2, 0.25) is 0 Å². The van der Waals surface area contributed by atoms with Crippen molar-refractivity contribution in [3.05, 3.63) is 53.9 Å². The Kier molecular flexibility index (Phi) is 5.80. The van der Waals surface area contributed by atoms with Gasteiger partial charge in [-0.05, 0) is 31.2 Å². The number of aromatic nitrogens is 1. The van der Waals surface area contributed by atoms with Gasteiger partial charge in [0.15, 0.2) is 0 Å². The molecule has 0 atom stereocenters. The van der Waals surface area contributed by atoms with E-state index in [1.165, 1.54) is 0 Å². The van der Waals surface area contributed by atoms with Crippen molar-refractivity contribution in [1.29, 1.82) is 0 Å². The molecule has 1 aromatic heterocycles. The highest BCUT2D eigenvalue weighted by Crippen LogP contribution is 2.24. The van der Waals surface area contributed by atoms with Crippen LogP contribution in [0.1, 0.15) is 27.9 Å². The van der Waals surface area contributed by atoms with Crippen LogP contribution >= 0.6 is 0 Å². The predicted octanol–water partition coefficient (Wildman–Crippen LogP) is 2.21. The van der Waals surface area contributed by atoms with Crippen molar-refractivity contribution in [2.75, 3.05) is 38.2 Å². The molecule has 1 fully saturated rings. The maximum atomic E-state index is 12.5. The third-order valence-corrected chi connectivity index (χ3v) is 3.93. The van der Waals surface area contributed by atoms with E-state index in [1.54, 1.807) is 35.2 Å². The fraction of sp³-hybridized carbons (Fsp3) is 0.316. The number of carbonyl (C=O) groups is 2. The van der Waals surface area contributed by atoms with Crippen molar-refractivity contribution >= 4 is 17.5 Å². The average molecular weight is 355 g/mol. The van der Waals surface area contributed by atoms with Crippen LogP contribution in [0.15, 0.2) is 42.5 Å². The first-order chi connectivity index (χ1) is 12.7. The number of hydrogen-bond donors (Lipinski definition) is 1. The van der Waals surface area contributed by atoms with Gasteiger partial charge >= 0.3 is 0 Å². The van der Waals surface area contributed by atoms with Gasteiger partial charge in [0.05, 0.1) is 25.5 Å². The summed E-state index contributed by atoms with van der Waals surface area (Å²) < 4.78 is 10.8. The normalized spacial score (nSPS) is 14.0. The maximum absolute atomic E-state index is 12.5. The Bertz CT molecular complexity index is 788. The second-order valence-electron chi connectivity index (χ2n) is 5.70. The summed E-state index contributed by atoms with van der Waals surface area (Å²) in [5.74, 6) is -0.00431. The Morgan fingerprint density at radius 1 is 1.12 bits per heavy atom. The SMILES string of the molecule is CCOc1ccccc1NC(=O)c1cccc(C(=O)N2CCOCC2)n1. The molecular weight excluding hydrogens is 334 g/mol. The summed E-state index contributed by atoms with van der Waals surface area (Å²) in [7, 11) is 0. The molecule has 0 spiro atoms. The first-order valence-corrected chi connectivity index (χ1v) is 8.56. The second-order valence-corrected chi connectivity index (χ2v) is 5.70. The molecule has 1 aromatic carbocycles. The lowest BCUT2D eigenvalue weighted by Gasteiger charge is -2.26. The third kappa shape index (κ3) is 4.18. The topological polar surface area (TPSA) is 80.8 Å². The molecule has 7 heteroatoms. The summed E-state index contributed by atoms with van der Waals surface area (Å²) in [6, 6.07) is 12.0. The predicted molar refractivity (Wildman–Crippen MR) is 96.5 cm³/mol. The van der Waals surface area contributed by atoms with Gasteiger partial charge in [0.1, 0.15) is 17.1 Å². The van der Waals surface area contributed by atoms with E-state index in [-0.39, 0.29) is 17.3 Å². The smallest absolute Gasteiger partial charge is 0.274 e. The largest absolute Gasteiger partial charge is 0.492 e. The second kappa shape index (κ2) is 8.44. The number of pyridine rings is 1. The molecule has 1 N–H and O–H groups in total. The van der Waals surface area contributed by atoms with E-state index in [2.05, 4.69) is 10.3 Å². The van der Waals surface area contributed by atoms with Crippen LogP contribution in [-0.2, 0) is 4.74 Å². The summed E-state index contributed by atoms with van der Waals surface area (Å²) in [6.07, 6.45) is 0. The van der Waals surface area contributed by atoms with Crippen molar-refractivity contribution in [2.45, 2.75) is 6.92 Å². The van der Waals surface area contributed by atoms with Crippen LogP contribution in [0.25, 0.3) is 0 Å². The van der Waals surface area contributed by atoms with Crippen LogP contribution in [0.3, 0.4) is 0 Å². The number of anilines is 1. The monoisotopic (exact) mass is 355 g/mol. The Balaban J connectivity index is 1.75. The number of carbonyl (C=O) groups excluding carboxylic acids is 2. The summed E-state index contributed by atoms with van der Waals surface area (Å²) >= 11 is 0. The number of nitrogens with zero attached hydrogens (tertiary/aromatic N) is 2. The van der Waals surface area contributed by atoms with E-state index in [0.717, 1.165) is 0 Å². The molecule has 0 radical (unpaired) electrons. The van der Waals surface area contributed by atoms with Crippen molar-refractivity contribution in [2.24, 2.45) is 0 Å². The molecule has 0 saturated carbocycles. The number of nitrogens with one attached hydrogen (secondary N) is 1. The van der Waals surface area contributed by atoms with Gasteiger partial charge in [0, 0.05) is 13.1 Å². The quantitative estimate of drug-likeness (QED) is 0.889. The number of rotatable bonds is 5. The Morgan fingerprint density at radius 2 is 1.85 bits per heavy atom. The summed E-state index contributed by atoms with van der Waals surface area (Å²) in [6.45, 7) is 4.45. The van der Waals surface area contributed by atoms with E-state index < -0.39 is 5.91 Å². The summed E-state index contributed by atoms with van der Waals surface area (Å²) in [4.78, 5) is 31.0. The Hall–Kier alpha value is -2.93. The molecule has 3 rings (SSSR count). The van der Waals surface area contributed by atoms with E-state index in [9.17, 15) is 9.59 Å². The lowest BCUT2D eigenvalue weighted by Crippen LogP contribution is -2.41. The van der Waals surface area contributed by atoms with Crippen molar-refractivity contribution in [3.63, 3.8) is 0 Å². The molecule has 26 heavy (non-hydrogen) atoms. The van der Waals surface area contributed by atoms with Gasteiger partial charge < -0.3 is 19.7 Å². The Morgan fingerprint density at radius 3 is 2.62 bits per heavy atom. The molecule has 2 aromatic rings. The fourth-order valence-corrected chi connectivity index (χ4v) is 2.65. The molecule has 1 saturated heterocycles. The fourth-order valence-electron chi connectivity index (χ4n) is 2.65. The molecule has 2 amide bonds. The summed E-state index contributed by atoms with van der Waals surface area (Å²) in [5, 5.41) is 2.79. The number of para-hydroxylation sites is 2. The lowest BCUT2D eigenvalue weighted by molar-refractivity contribution is 0.0299. The van der Waals surface area contributed by atoms with Crippen LogP contribution in [-0.4, -0.2) is 54.6 Å². The molecule has 136 valence electrons. The highest BCUT2D eigenvalue weighted by Gasteiger charge is 2.21. The van der Waals surface area contributed by atoms with Gasteiger partial charge in [-0.3, -0.25) is 9.59 Å². The number of ether oxygens (including phenoxy) is 2. The van der Waals surface area contributed by atoms with Gasteiger partial charge in [-0.1, -0.05) is 18.2 Å². The van der Waals surface area contributed by atoms with E-state index in [1.807, 2.05) is 19.1 Å². The Labute approximate surface area is 151 Å². The minimum Gasteiger partial charge on any atom is -0.492 e. The van der Waals surface area contributed by atoms with Crippen LogP contribution < -0.4 is 10.1 Å². The number of hydrogen-bond acceptors (Lipinski definition) is 5. The van der Waals surface area contributed by atoms with Crippen LogP contribution in [0.4, 0.5) is 5.69 Å². The van der Waals surface area contributed by atoms with Gasteiger partial charge in [0.2, 0.25) is 0 Å². The molecular formula is C19H21N3O4. The van der Waals surface area contributed by atoms with E-state index in [0.29, 0.717) is 44.3 Å². The highest BCUT2D eigenvalue weighted by molar-refractivity contribution is 6.04. The zero-order valence-electron chi connectivity index (χ0n) is 14.6. The molecule has 1 aliphatic heterocycles. The molecule has 7 nitrogen and oxygen atoms in total. The third-order valence-electron chi connectivity index (χ3n) is 3.93. The lowest BCUT2D eigenvalue weighted by atomic mass is 10.2. The number of morpholine rings is 1. The molecule has 0 bridgehead atoms. The average Bonchev–Trinajstić information content (AvgIpc) is 2.70. The minimum atomic E-state index is -0.395. The van der Waals surface area contributed by atoms with Gasteiger partial charge in [-0.15, -0.1) is 0 Å². The minimum absolute atomic E-state index is 0.176. The zero-order chi connectivity index (χ0) is 18.4. The molecule has 0 unspecified atom stereocenters. The number of benzene rings is 1. The van der Waals surface area contributed by atoms with Crippen molar-refractivity contribution < 1.29 is 19.1 Å². The molecule has 1 aliphatic rings. The van der Waals surface area contributed by atoms with E-state index in [4.69, 9.17) is 9.47 Å². The first-order valence-electron chi connectivity index (χ1n) is 8.56. The van der Waals surface area contributed by atoms with Crippen molar-refractivity contribution in [3.8, 4) is 5.75 Å². The zero-order valence-corrected chi connectivity index (χ0v) is 14.6. The highest BCUT2D eigenvalue weighted by atomic mass is 16.5. The maximum Gasteiger partial charge on any atom is 0.274 e. The molecule has 2 heterocycles. The van der Waals surface area contributed by atoms with Gasteiger partial charge in [-0.25, -0.2) is 4.98 Å². The standard InChI is InChI=1S/C19H21N3O4/c1-2-26-17-9-4-3-6-14(17)21-18(23)15-7-5-8-16(20-15)19(24)22-10-12-25-13-11-22/h3-9H,2,10-13H2,1H3,(H,21,23). The van der Waals surface area contributed by atoms with E-state index >= 15 is 0 Å². The van der Waals surface area contributed by atoms with Crippen molar-refractivity contribution in [1.82, 2.24) is 9.88 Å². The first kappa shape index (κ1) is 17.9. The summed E-state index contributed by atoms with van der Waals surface area (Å²) in [5.41, 5.74) is 0.985. The van der Waals surface area contributed by atoms with Gasteiger partial charge in [-0.2, -0.15) is 0 Å². The molecule has 0 aliphatic carbocycles. The van der Waals surface area contributed by atoms with Crippen LogP contribution in [0, 0.1) is 0 Å². The van der Waals surface area contributed by atoms with Gasteiger partial charge in [0.25, 0.3) is 11.8 Å². The van der Waals surface area contributed by atoms with Crippen LogP contribution in [0.5, 0.6) is 5.75 Å².